The number of aliphatic carboxylic acids is 1. The average molecular weight is 295 g/mol. The summed E-state index contributed by atoms with van der Waals surface area (Å²) in [6, 6.07) is 5.33. The number of aliphatic hydroxyl groups is 1. The molecule has 1 aromatic rings. The van der Waals surface area contributed by atoms with Crippen molar-refractivity contribution in [3.05, 3.63) is 29.3 Å². The molecule has 0 amide bonds. The molecule has 1 rings (SSSR count). The first kappa shape index (κ1) is 16.7. The number of carbonyl (C=O) groups is 1. The molecule has 0 heterocycles. The average Bonchev–Trinajstić information content (AvgIpc) is 2.26. The molecule has 1 radical (unpaired) electrons. The van der Waals surface area contributed by atoms with E-state index in [0.29, 0.717) is 11.3 Å². The maximum absolute atomic E-state index is 11.2. The number of hydrogen-bond donors (Lipinski definition) is 2. The summed E-state index contributed by atoms with van der Waals surface area (Å²) < 4.78 is 5.80. The zero-order valence-corrected chi connectivity index (χ0v) is 13.9. The maximum Gasteiger partial charge on any atom is 0.340 e. The zero-order chi connectivity index (χ0) is 15.7. The molecular weight excluding hydrogens is 272 g/mol. The normalized spacial score (nSPS) is 15.0. The third kappa shape index (κ3) is 3.61. The molecule has 0 aliphatic heterocycles. The fourth-order valence-electron chi connectivity index (χ4n) is 1.81. The van der Waals surface area contributed by atoms with Gasteiger partial charge in [0.2, 0.25) is 0 Å². The van der Waals surface area contributed by atoms with E-state index in [4.69, 9.17) is 4.43 Å². The van der Waals surface area contributed by atoms with Gasteiger partial charge in [0.15, 0.2) is 5.60 Å². The molecule has 0 aromatic heterocycles. The second kappa shape index (κ2) is 5.58. The molecule has 0 fully saturated rings. The van der Waals surface area contributed by atoms with Crippen LogP contribution in [0.3, 0.4) is 0 Å². The minimum absolute atomic E-state index is 0.0693. The molecule has 0 aliphatic rings. The van der Waals surface area contributed by atoms with Gasteiger partial charge in [-0.25, -0.2) is 4.79 Å². The fraction of sp³-hybridized carbons (Fsp3) is 0.533. The molecule has 0 saturated heterocycles. The van der Waals surface area contributed by atoms with Crippen molar-refractivity contribution in [1.82, 2.24) is 0 Å². The van der Waals surface area contributed by atoms with Crippen LogP contribution in [0.1, 0.15) is 38.8 Å². The van der Waals surface area contributed by atoms with Crippen LogP contribution in [-0.4, -0.2) is 25.2 Å². The van der Waals surface area contributed by atoms with Gasteiger partial charge >= 0.3 is 5.97 Å². The summed E-state index contributed by atoms with van der Waals surface area (Å²) in [5.74, 6) is -0.824. The Labute approximate surface area is 122 Å². The van der Waals surface area contributed by atoms with Gasteiger partial charge in [-0.1, -0.05) is 32.9 Å². The lowest BCUT2D eigenvalue weighted by Gasteiger charge is -2.26. The van der Waals surface area contributed by atoms with Crippen LogP contribution in [0, 0.1) is 0 Å². The molecule has 0 spiro atoms. The smallest absolute Gasteiger partial charge is 0.340 e. The van der Waals surface area contributed by atoms with Gasteiger partial charge in [-0.3, -0.25) is 0 Å². The minimum Gasteiger partial charge on any atom is -0.542 e. The third-order valence-corrected chi connectivity index (χ3v) is 3.73. The summed E-state index contributed by atoms with van der Waals surface area (Å²) in [4.78, 5) is 11.2. The van der Waals surface area contributed by atoms with Crippen molar-refractivity contribution >= 4 is 15.0 Å². The molecular formula is C15H23O4Si. The van der Waals surface area contributed by atoms with Gasteiger partial charge in [-0.15, -0.1) is 0 Å². The Bertz CT molecular complexity index is 501. The first-order valence-corrected chi connectivity index (χ1v) is 8.96. The van der Waals surface area contributed by atoms with Gasteiger partial charge in [-0.05, 0) is 37.1 Å². The molecule has 0 aliphatic carbocycles. The third-order valence-electron chi connectivity index (χ3n) is 3.10. The Kier molecular flexibility index (Phi) is 4.66. The minimum atomic E-state index is -1.96. The van der Waals surface area contributed by atoms with E-state index in [1.54, 1.807) is 6.07 Å². The fourth-order valence-corrected chi connectivity index (χ4v) is 2.42. The monoisotopic (exact) mass is 295 g/mol. The molecule has 5 heteroatoms. The Morgan fingerprint density at radius 3 is 2.15 bits per heavy atom. The summed E-state index contributed by atoms with van der Waals surface area (Å²) in [5, 5.41) is 19.4. The van der Waals surface area contributed by atoms with E-state index < -0.39 is 20.6 Å². The maximum atomic E-state index is 11.2. The summed E-state index contributed by atoms with van der Waals surface area (Å²) in [6.45, 7) is 11.4. The van der Waals surface area contributed by atoms with E-state index in [1.165, 1.54) is 6.92 Å². The lowest BCUT2D eigenvalue weighted by molar-refractivity contribution is -0.157. The van der Waals surface area contributed by atoms with Crippen molar-refractivity contribution < 1.29 is 19.4 Å². The first-order valence-electron chi connectivity index (χ1n) is 6.55. The highest BCUT2D eigenvalue weighted by atomic mass is 28.3. The number of rotatable bonds is 4. The van der Waals surface area contributed by atoms with Crippen molar-refractivity contribution in [1.29, 1.82) is 0 Å². The highest BCUT2D eigenvalue weighted by molar-refractivity contribution is 6.49. The van der Waals surface area contributed by atoms with E-state index >= 15 is 0 Å². The number of benzene rings is 1. The second-order valence-corrected chi connectivity index (χ2v) is 8.37. The predicted molar refractivity (Wildman–Crippen MR) is 80.5 cm³/mol. The van der Waals surface area contributed by atoms with Gasteiger partial charge < -0.3 is 14.6 Å². The van der Waals surface area contributed by atoms with Crippen LogP contribution in [0.25, 0.3) is 0 Å². The van der Waals surface area contributed by atoms with Crippen LogP contribution in [0.15, 0.2) is 18.2 Å². The van der Waals surface area contributed by atoms with Gasteiger partial charge in [0.1, 0.15) is 5.75 Å². The SMILES string of the molecule is C[Si](C)Oc1cc(C(C)(C)C)ccc1C(C)(O)C(=O)O. The standard InChI is InChI=1S/C15H23O4Si/c1-14(2,3)10-7-8-11(15(4,18)13(16)17)12(9-10)19-20(5)6/h7-9,18H,1-6H3,(H,16,17). The van der Waals surface area contributed by atoms with Crippen LogP contribution in [0.2, 0.25) is 13.1 Å². The number of hydrogen-bond acceptors (Lipinski definition) is 3. The van der Waals surface area contributed by atoms with E-state index in [-0.39, 0.29) is 5.41 Å². The van der Waals surface area contributed by atoms with Gasteiger partial charge in [0.05, 0.1) is 0 Å². The van der Waals surface area contributed by atoms with Crippen molar-refractivity contribution in [2.24, 2.45) is 0 Å². The first-order chi connectivity index (χ1) is 8.96. The molecule has 1 aromatic carbocycles. The second-order valence-electron chi connectivity index (χ2n) is 6.35. The Hall–Kier alpha value is -1.33. The van der Waals surface area contributed by atoms with E-state index in [0.717, 1.165) is 5.56 Å². The van der Waals surface area contributed by atoms with Gasteiger partial charge in [-0.2, -0.15) is 0 Å². The van der Waals surface area contributed by atoms with Crippen LogP contribution in [-0.2, 0) is 15.8 Å². The van der Waals surface area contributed by atoms with Crippen molar-refractivity contribution in [3.63, 3.8) is 0 Å². The molecule has 2 N–H and O–H groups in total. The lowest BCUT2D eigenvalue weighted by atomic mass is 9.84. The molecule has 0 saturated carbocycles. The van der Waals surface area contributed by atoms with Crippen LogP contribution < -0.4 is 4.43 Å². The molecule has 0 bridgehead atoms. The quantitative estimate of drug-likeness (QED) is 0.838. The van der Waals surface area contributed by atoms with E-state index in [9.17, 15) is 15.0 Å². The Balaban J connectivity index is 3.42. The Morgan fingerprint density at radius 2 is 1.75 bits per heavy atom. The molecule has 1 unspecified atom stereocenters. The van der Waals surface area contributed by atoms with Gasteiger partial charge in [0.25, 0.3) is 9.04 Å². The van der Waals surface area contributed by atoms with Crippen LogP contribution >= 0.6 is 0 Å². The van der Waals surface area contributed by atoms with Crippen molar-refractivity contribution in [3.8, 4) is 5.75 Å². The van der Waals surface area contributed by atoms with Crippen LogP contribution in [0.4, 0.5) is 0 Å². The number of carboxylic acid groups (broad SMARTS) is 1. The Morgan fingerprint density at radius 1 is 1.20 bits per heavy atom. The van der Waals surface area contributed by atoms with Crippen molar-refractivity contribution in [2.45, 2.75) is 51.8 Å². The molecule has 20 heavy (non-hydrogen) atoms. The van der Waals surface area contributed by atoms with Crippen molar-refractivity contribution in [2.75, 3.05) is 0 Å². The molecule has 4 nitrogen and oxygen atoms in total. The largest absolute Gasteiger partial charge is 0.542 e. The van der Waals surface area contributed by atoms with E-state index in [2.05, 4.69) is 20.8 Å². The van der Waals surface area contributed by atoms with Crippen LogP contribution in [0.5, 0.6) is 5.75 Å². The summed E-state index contributed by atoms with van der Waals surface area (Å²) in [7, 11) is -1.06. The predicted octanol–water partition coefficient (Wildman–Crippen LogP) is 2.91. The topological polar surface area (TPSA) is 66.8 Å². The summed E-state index contributed by atoms with van der Waals surface area (Å²) in [6.07, 6.45) is 0. The number of carboxylic acids is 1. The molecule has 111 valence electrons. The summed E-state index contributed by atoms with van der Waals surface area (Å²) in [5.41, 5.74) is -0.687. The highest BCUT2D eigenvalue weighted by Crippen LogP contribution is 2.35. The highest BCUT2D eigenvalue weighted by Gasteiger charge is 2.36. The van der Waals surface area contributed by atoms with E-state index in [1.807, 2.05) is 25.2 Å². The molecule has 1 atom stereocenters. The lowest BCUT2D eigenvalue weighted by Crippen LogP contribution is -2.33. The zero-order valence-electron chi connectivity index (χ0n) is 12.9. The van der Waals surface area contributed by atoms with Gasteiger partial charge in [0, 0.05) is 5.56 Å². The summed E-state index contributed by atoms with van der Waals surface area (Å²) >= 11 is 0.